The van der Waals surface area contributed by atoms with Crippen molar-refractivity contribution in [2.75, 3.05) is 12.0 Å². The average molecular weight is 461 g/mol. The number of rotatable bonds is 4. The highest BCUT2D eigenvalue weighted by molar-refractivity contribution is 6.51. The highest BCUT2D eigenvalue weighted by Gasteiger charge is 2.47. The first-order valence-electron chi connectivity index (χ1n) is 10.8. The number of aliphatic hydroxyl groups excluding tert-OH is 1. The summed E-state index contributed by atoms with van der Waals surface area (Å²) >= 11 is 0. The standard InChI is InChI=1S/C27H25FN2O4/c1-27(2,3)17-7-10-19(11-8-17)30-23(16-6-5-13-29-15-16)22(25(32)26(30)33)24(31)20-14-18(28)9-12-21(20)34-4/h5-15,23,31H,1-4H3/b24-22+. The lowest BCUT2D eigenvalue weighted by atomic mass is 9.87. The van der Waals surface area contributed by atoms with Crippen molar-refractivity contribution in [3.63, 3.8) is 0 Å². The van der Waals surface area contributed by atoms with Crippen LogP contribution in [0.25, 0.3) is 5.76 Å². The van der Waals surface area contributed by atoms with Crippen LogP contribution in [0.4, 0.5) is 10.1 Å². The number of benzene rings is 2. The molecule has 174 valence electrons. The van der Waals surface area contributed by atoms with E-state index in [1.807, 2.05) is 12.1 Å². The zero-order chi connectivity index (χ0) is 24.6. The number of Topliss-reactive ketones (excluding diaryl/α,β-unsaturated/α-hetero) is 1. The number of aliphatic hydroxyl groups is 1. The Morgan fingerprint density at radius 3 is 2.38 bits per heavy atom. The molecule has 2 aromatic carbocycles. The zero-order valence-corrected chi connectivity index (χ0v) is 19.4. The fourth-order valence-electron chi connectivity index (χ4n) is 4.08. The van der Waals surface area contributed by atoms with Crippen LogP contribution in [-0.4, -0.2) is 28.9 Å². The van der Waals surface area contributed by atoms with Gasteiger partial charge in [-0.05, 0) is 52.9 Å². The molecule has 0 radical (unpaired) electrons. The number of methoxy groups -OCH3 is 1. The molecule has 7 heteroatoms. The van der Waals surface area contributed by atoms with Crippen molar-refractivity contribution in [1.82, 2.24) is 4.98 Å². The van der Waals surface area contributed by atoms with E-state index in [9.17, 15) is 19.1 Å². The Kier molecular flexibility index (Phi) is 5.96. The van der Waals surface area contributed by atoms with E-state index >= 15 is 0 Å². The second-order valence-electron chi connectivity index (χ2n) is 9.10. The summed E-state index contributed by atoms with van der Waals surface area (Å²) in [6.07, 6.45) is 3.10. The van der Waals surface area contributed by atoms with Gasteiger partial charge in [0.15, 0.2) is 0 Å². The summed E-state index contributed by atoms with van der Waals surface area (Å²) in [5.74, 6) is -2.64. The van der Waals surface area contributed by atoms with Gasteiger partial charge in [-0.15, -0.1) is 0 Å². The van der Waals surface area contributed by atoms with Gasteiger partial charge in [0.25, 0.3) is 11.7 Å². The summed E-state index contributed by atoms with van der Waals surface area (Å²) in [4.78, 5) is 31.9. The van der Waals surface area contributed by atoms with Crippen molar-refractivity contribution < 1.29 is 23.8 Å². The van der Waals surface area contributed by atoms with E-state index in [-0.39, 0.29) is 22.3 Å². The molecule has 0 spiro atoms. The number of hydrogen-bond acceptors (Lipinski definition) is 5. The first-order chi connectivity index (χ1) is 16.1. The molecule has 1 fully saturated rings. The van der Waals surface area contributed by atoms with Crippen LogP contribution >= 0.6 is 0 Å². The molecular formula is C27H25FN2O4. The van der Waals surface area contributed by atoms with E-state index in [0.717, 1.165) is 11.6 Å². The summed E-state index contributed by atoms with van der Waals surface area (Å²) in [5.41, 5.74) is 1.81. The van der Waals surface area contributed by atoms with Gasteiger partial charge in [-0.2, -0.15) is 0 Å². The van der Waals surface area contributed by atoms with Gasteiger partial charge in [0.1, 0.15) is 17.3 Å². The summed E-state index contributed by atoms with van der Waals surface area (Å²) < 4.78 is 19.3. The Morgan fingerprint density at radius 2 is 1.79 bits per heavy atom. The molecule has 1 aromatic heterocycles. The molecule has 34 heavy (non-hydrogen) atoms. The maximum absolute atomic E-state index is 14.0. The molecular weight excluding hydrogens is 435 g/mol. The third-order valence-electron chi connectivity index (χ3n) is 5.87. The van der Waals surface area contributed by atoms with Gasteiger partial charge in [0.05, 0.1) is 24.3 Å². The summed E-state index contributed by atoms with van der Waals surface area (Å²) in [5, 5.41) is 11.2. The summed E-state index contributed by atoms with van der Waals surface area (Å²) in [6.45, 7) is 6.24. The predicted molar refractivity (Wildman–Crippen MR) is 127 cm³/mol. The lowest BCUT2D eigenvalue weighted by Crippen LogP contribution is -2.29. The molecule has 1 unspecified atom stereocenters. The largest absolute Gasteiger partial charge is 0.507 e. The van der Waals surface area contributed by atoms with Crippen LogP contribution in [0, 0.1) is 5.82 Å². The van der Waals surface area contributed by atoms with Gasteiger partial charge in [-0.25, -0.2) is 4.39 Å². The number of carbonyl (C=O) groups is 2. The minimum Gasteiger partial charge on any atom is -0.507 e. The SMILES string of the molecule is COc1ccc(F)cc1/C(O)=C1\C(=O)C(=O)N(c2ccc(C(C)(C)C)cc2)C1c1cccnc1. The highest BCUT2D eigenvalue weighted by atomic mass is 19.1. The van der Waals surface area contributed by atoms with Gasteiger partial charge in [0.2, 0.25) is 0 Å². The maximum Gasteiger partial charge on any atom is 0.300 e. The first-order valence-corrected chi connectivity index (χ1v) is 10.8. The fourth-order valence-corrected chi connectivity index (χ4v) is 4.08. The van der Waals surface area contributed by atoms with Crippen LogP contribution < -0.4 is 9.64 Å². The molecule has 2 heterocycles. The average Bonchev–Trinajstić information content (AvgIpc) is 3.09. The Balaban J connectivity index is 1.93. The monoisotopic (exact) mass is 460 g/mol. The van der Waals surface area contributed by atoms with E-state index in [2.05, 4.69) is 25.8 Å². The minimum atomic E-state index is -0.956. The van der Waals surface area contributed by atoms with Crippen LogP contribution in [-0.2, 0) is 15.0 Å². The van der Waals surface area contributed by atoms with Gasteiger partial charge in [-0.1, -0.05) is 39.0 Å². The smallest absolute Gasteiger partial charge is 0.300 e. The number of nitrogens with zero attached hydrogens (tertiary/aromatic N) is 2. The third kappa shape index (κ3) is 4.05. The van der Waals surface area contributed by atoms with Crippen molar-refractivity contribution in [3.05, 3.63) is 95.1 Å². The van der Waals surface area contributed by atoms with Crippen LogP contribution in [0.3, 0.4) is 0 Å². The summed E-state index contributed by atoms with van der Waals surface area (Å²) in [7, 11) is 1.37. The molecule has 1 atom stereocenters. The van der Waals surface area contributed by atoms with E-state index in [1.54, 1.807) is 30.5 Å². The third-order valence-corrected chi connectivity index (χ3v) is 5.87. The van der Waals surface area contributed by atoms with Crippen molar-refractivity contribution in [2.24, 2.45) is 0 Å². The predicted octanol–water partition coefficient (Wildman–Crippen LogP) is 5.15. The first kappa shape index (κ1) is 23.2. The molecule has 4 rings (SSSR count). The van der Waals surface area contributed by atoms with Crippen LogP contribution in [0.2, 0.25) is 0 Å². The molecule has 1 amide bonds. The van der Waals surface area contributed by atoms with E-state index in [4.69, 9.17) is 4.74 Å². The number of anilines is 1. The van der Waals surface area contributed by atoms with Gasteiger partial charge >= 0.3 is 0 Å². The molecule has 1 aliphatic heterocycles. The number of ether oxygens (including phenoxy) is 1. The molecule has 0 bridgehead atoms. The van der Waals surface area contributed by atoms with Crippen LogP contribution in [0.15, 0.2) is 72.6 Å². The number of halogens is 1. The van der Waals surface area contributed by atoms with Crippen molar-refractivity contribution in [2.45, 2.75) is 32.2 Å². The number of hydrogen-bond donors (Lipinski definition) is 1. The Labute approximate surface area is 197 Å². The second kappa shape index (κ2) is 8.74. The van der Waals surface area contributed by atoms with Crippen molar-refractivity contribution in [1.29, 1.82) is 0 Å². The Bertz CT molecular complexity index is 1280. The number of pyridine rings is 1. The lowest BCUT2D eigenvalue weighted by molar-refractivity contribution is -0.132. The van der Waals surface area contributed by atoms with Gasteiger partial charge in [0, 0.05) is 18.1 Å². The minimum absolute atomic E-state index is 0.0162. The van der Waals surface area contributed by atoms with Gasteiger partial charge < -0.3 is 9.84 Å². The van der Waals surface area contributed by atoms with Crippen LogP contribution in [0.1, 0.15) is 43.5 Å². The van der Waals surface area contributed by atoms with Gasteiger partial charge in [-0.3, -0.25) is 19.5 Å². The molecule has 1 aliphatic rings. The van der Waals surface area contributed by atoms with E-state index in [1.165, 1.54) is 30.3 Å². The number of amides is 1. The number of ketones is 1. The topological polar surface area (TPSA) is 79.7 Å². The summed E-state index contributed by atoms with van der Waals surface area (Å²) in [6, 6.07) is 13.4. The molecule has 3 aromatic rings. The molecule has 0 saturated carbocycles. The molecule has 1 saturated heterocycles. The Morgan fingerprint density at radius 1 is 1.09 bits per heavy atom. The molecule has 1 N–H and O–H groups in total. The molecule has 6 nitrogen and oxygen atoms in total. The van der Waals surface area contributed by atoms with Crippen molar-refractivity contribution in [3.8, 4) is 5.75 Å². The quantitative estimate of drug-likeness (QED) is 0.331. The lowest BCUT2D eigenvalue weighted by Gasteiger charge is -2.26. The number of aromatic nitrogens is 1. The maximum atomic E-state index is 14.0. The zero-order valence-electron chi connectivity index (χ0n) is 19.4. The molecule has 0 aliphatic carbocycles. The van der Waals surface area contributed by atoms with E-state index in [0.29, 0.717) is 11.3 Å². The normalized spacial score (nSPS) is 17.8. The highest BCUT2D eigenvalue weighted by Crippen LogP contribution is 2.43. The Hall–Kier alpha value is -4.00. The fraction of sp³-hybridized carbons (Fsp3) is 0.222. The van der Waals surface area contributed by atoms with E-state index < -0.39 is 29.3 Å². The second-order valence-corrected chi connectivity index (χ2v) is 9.10. The number of carbonyl (C=O) groups excluding carboxylic acids is 2. The van der Waals surface area contributed by atoms with Crippen molar-refractivity contribution >= 4 is 23.1 Å². The van der Waals surface area contributed by atoms with Crippen LogP contribution in [0.5, 0.6) is 5.75 Å².